The molecule has 5 heteroatoms. The fourth-order valence-electron chi connectivity index (χ4n) is 2.16. The van der Waals surface area contributed by atoms with Crippen molar-refractivity contribution in [1.82, 2.24) is 10.3 Å². The van der Waals surface area contributed by atoms with Crippen LogP contribution >= 0.6 is 0 Å². The van der Waals surface area contributed by atoms with E-state index in [1.165, 1.54) is 4.90 Å². The van der Waals surface area contributed by atoms with Gasteiger partial charge in [-0.3, -0.25) is 19.5 Å². The lowest BCUT2D eigenvalue weighted by atomic mass is 10.1. The second kappa shape index (κ2) is 4.76. The minimum Gasteiger partial charge on any atom is -0.343 e. The molecule has 0 spiro atoms. The molecule has 96 valence electrons. The summed E-state index contributed by atoms with van der Waals surface area (Å²) >= 11 is 0. The van der Waals surface area contributed by atoms with Crippen LogP contribution in [0.25, 0.3) is 0 Å². The lowest BCUT2D eigenvalue weighted by molar-refractivity contribution is -0.131. The summed E-state index contributed by atoms with van der Waals surface area (Å²) in [5, 5.41) is 2.70. The van der Waals surface area contributed by atoms with Crippen molar-refractivity contribution in [2.45, 2.75) is 33.2 Å². The van der Waals surface area contributed by atoms with Gasteiger partial charge in [-0.25, -0.2) is 0 Å². The van der Waals surface area contributed by atoms with Gasteiger partial charge in [0.05, 0.1) is 11.4 Å². The van der Waals surface area contributed by atoms with Gasteiger partial charge in [0.1, 0.15) is 12.6 Å². The number of anilines is 1. The third-order valence-corrected chi connectivity index (χ3v) is 3.10. The van der Waals surface area contributed by atoms with E-state index in [1.807, 2.05) is 32.9 Å². The summed E-state index contributed by atoms with van der Waals surface area (Å²) in [6, 6.07) is 3.27. The molecule has 1 aromatic heterocycles. The van der Waals surface area contributed by atoms with Gasteiger partial charge in [-0.15, -0.1) is 0 Å². The van der Waals surface area contributed by atoms with Crippen molar-refractivity contribution in [3.05, 3.63) is 23.5 Å². The molecule has 1 fully saturated rings. The van der Waals surface area contributed by atoms with Crippen molar-refractivity contribution in [2.24, 2.45) is 0 Å². The monoisotopic (exact) mass is 247 g/mol. The molecule has 0 bridgehead atoms. The summed E-state index contributed by atoms with van der Waals surface area (Å²) < 4.78 is 0. The Labute approximate surface area is 106 Å². The van der Waals surface area contributed by atoms with Crippen LogP contribution in [-0.2, 0) is 9.59 Å². The minimum absolute atomic E-state index is 0.0640. The van der Waals surface area contributed by atoms with E-state index in [2.05, 4.69) is 10.3 Å². The van der Waals surface area contributed by atoms with Crippen molar-refractivity contribution in [2.75, 3.05) is 11.4 Å². The van der Waals surface area contributed by atoms with E-state index in [0.29, 0.717) is 6.42 Å². The molecule has 0 aliphatic carbocycles. The first kappa shape index (κ1) is 12.5. The van der Waals surface area contributed by atoms with Crippen LogP contribution in [0.15, 0.2) is 12.1 Å². The predicted molar refractivity (Wildman–Crippen MR) is 68.3 cm³/mol. The molecule has 1 saturated heterocycles. The molecule has 2 amide bonds. The van der Waals surface area contributed by atoms with Gasteiger partial charge in [0.15, 0.2) is 0 Å². The summed E-state index contributed by atoms with van der Waals surface area (Å²) in [7, 11) is 0. The van der Waals surface area contributed by atoms with Gasteiger partial charge in [0, 0.05) is 5.69 Å². The molecule has 5 nitrogen and oxygen atoms in total. The van der Waals surface area contributed by atoms with E-state index in [-0.39, 0.29) is 18.4 Å². The van der Waals surface area contributed by atoms with Gasteiger partial charge >= 0.3 is 0 Å². The lowest BCUT2D eigenvalue weighted by Crippen LogP contribution is -2.58. The van der Waals surface area contributed by atoms with Crippen LogP contribution in [0.5, 0.6) is 0 Å². The molecule has 1 N–H and O–H groups in total. The smallest absolute Gasteiger partial charge is 0.250 e. The Morgan fingerprint density at radius 1 is 1.39 bits per heavy atom. The number of amides is 2. The van der Waals surface area contributed by atoms with Crippen LogP contribution < -0.4 is 10.2 Å². The second-order valence-corrected chi connectivity index (χ2v) is 4.51. The Morgan fingerprint density at radius 2 is 2.11 bits per heavy atom. The molecule has 1 aromatic rings. The Kier molecular flexibility index (Phi) is 3.32. The highest BCUT2D eigenvalue weighted by Crippen LogP contribution is 2.21. The fraction of sp³-hybridized carbons (Fsp3) is 0.462. The van der Waals surface area contributed by atoms with E-state index in [4.69, 9.17) is 0 Å². The van der Waals surface area contributed by atoms with E-state index in [9.17, 15) is 9.59 Å². The SMILES string of the molecule is CCC1NC(=O)CN(c2ccc(C)nc2C)C1=O. The van der Waals surface area contributed by atoms with E-state index < -0.39 is 6.04 Å². The third-order valence-electron chi connectivity index (χ3n) is 3.10. The average Bonchev–Trinajstić information content (AvgIpc) is 2.32. The number of nitrogens with zero attached hydrogens (tertiary/aromatic N) is 2. The number of hydrogen-bond donors (Lipinski definition) is 1. The molecule has 0 aromatic carbocycles. The number of aromatic nitrogens is 1. The molecule has 1 aliphatic heterocycles. The average molecular weight is 247 g/mol. The molecule has 1 aliphatic rings. The summed E-state index contributed by atoms with van der Waals surface area (Å²) in [6.45, 7) is 5.70. The highest BCUT2D eigenvalue weighted by Gasteiger charge is 2.33. The van der Waals surface area contributed by atoms with Crippen LogP contribution in [0, 0.1) is 13.8 Å². The number of rotatable bonds is 2. The number of nitrogens with one attached hydrogen (secondary N) is 1. The van der Waals surface area contributed by atoms with Gasteiger partial charge in [0.2, 0.25) is 11.8 Å². The van der Waals surface area contributed by atoms with Crippen LogP contribution in [-0.4, -0.2) is 29.4 Å². The Morgan fingerprint density at radius 3 is 2.72 bits per heavy atom. The summed E-state index contributed by atoms with van der Waals surface area (Å²) in [5.74, 6) is -0.188. The van der Waals surface area contributed by atoms with Crippen molar-refractivity contribution >= 4 is 17.5 Å². The van der Waals surface area contributed by atoms with E-state index in [1.54, 1.807) is 0 Å². The van der Waals surface area contributed by atoms with Crippen molar-refractivity contribution in [1.29, 1.82) is 0 Å². The zero-order valence-corrected chi connectivity index (χ0v) is 10.9. The largest absolute Gasteiger partial charge is 0.343 e. The third kappa shape index (κ3) is 2.20. The Balaban J connectivity index is 2.36. The first-order chi connectivity index (χ1) is 8.52. The summed E-state index contributed by atoms with van der Waals surface area (Å²) in [6.07, 6.45) is 0.597. The standard InChI is InChI=1S/C13H17N3O2/c1-4-10-13(18)16(7-12(17)15-10)11-6-5-8(2)14-9(11)3/h5-6,10H,4,7H2,1-3H3,(H,15,17). The second-order valence-electron chi connectivity index (χ2n) is 4.51. The quantitative estimate of drug-likeness (QED) is 0.846. The molecule has 0 radical (unpaired) electrons. The topological polar surface area (TPSA) is 62.3 Å². The summed E-state index contributed by atoms with van der Waals surface area (Å²) in [5.41, 5.74) is 2.39. The number of pyridine rings is 1. The Bertz CT molecular complexity index is 499. The van der Waals surface area contributed by atoms with E-state index >= 15 is 0 Å². The van der Waals surface area contributed by atoms with Crippen LogP contribution in [0.4, 0.5) is 5.69 Å². The Hall–Kier alpha value is -1.91. The lowest BCUT2D eigenvalue weighted by Gasteiger charge is -2.32. The fourth-order valence-corrected chi connectivity index (χ4v) is 2.16. The molecule has 18 heavy (non-hydrogen) atoms. The predicted octanol–water partition coefficient (Wildman–Crippen LogP) is 0.940. The van der Waals surface area contributed by atoms with Gasteiger partial charge in [-0.1, -0.05) is 6.92 Å². The van der Waals surface area contributed by atoms with Gasteiger partial charge < -0.3 is 5.32 Å². The minimum atomic E-state index is -0.424. The van der Waals surface area contributed by atoms with Gasteiger partial charge in [0.25, 0.3) is 0 Å². The van der Waals surface area contributed by atoms with E-state index in [0.717, 1.165) is 17.1 Å². The molecular weight excluding hydrogens is 230 g/mol. The molecular formula is C13H17N3O2. The highest BCUT2D eigenvalue weighted by atomic mass is 16.2. The van der Waals surface area contributed by atoms with Gasteiger partial charge in [-0.2, -0.15) is 0 Å². The van der Waals surface area contributed by atoms with Crippen LogP contribution in [0.1, 0.15) is 24.7 Å². The van der Waals surface area contributed by atoms with Gasteiger partial charge in [-0.05, 0) is 32.4 Å². The number of carbonyl (C=O) groups is 2. The van der Waals surface area contributed by atoms with Crippen molar-refractivity contribution < 1.29 is 9.59 Å². The molecule has 0 saturated carbocycles. The molecule has 1 atom stereocenters. The maximum atomic E-state index is 12.2. The normalized spacial score (nSPS) is 19.9. The van der Waals surface area contributed by atoms with Crippen molar-refractivity contribution in [3.8, 4) is 0 Å². The first-order valence-electron chi connectivity index (χ1n) is 6.08. The molecule has 1 unspecified atom stereocenters. The maximum absolute atomic E-state index is 12.2. The van der Waals surface area contributed by atoms with Crippen LogP contribution in [0.2, 0.25) is 0 Å². The molecule has 2 heterocycles. The zero-order chi connectivity index (χ0) is 13.3. The highest BCUT2D eigenvalue weighted by molar-refractivity contribution is 6.06. The number of hydrogen-bond acceptors (Lipinski definition) is 3. The number of piperazine rings is 1. The molecule has 2 rings (SSSR count). The summed E-state index contributed by atoms with van der Waals surface area (Å²) in [4.78, 5) is 29.7. The zero-order valence-electron chi connectivity index (χ0n) is 10.9. The first-order valence-corrected chi connectivity index (χ1v) is 6.08. The van der Waals surface area contributed by atoms with Crippen LogP contribution in [0.3, 0.4) is 0 Å². The number of carbonyl (C=O) groups excluding carboxylic acids is 2. The number of aryl methyl sites for hydroxylation is 2. The maximum Gasteiger partial charge on any atom is 0.250 e. The van der Waals surface area contributed by atoms with Crippen molar-refractivity contribution in [3.63, 3.8) is 0 Å².